The number of anilines is 2. The Labute approximate surface area is 156 Å². The van der Waals surface area contributed by atoms with Gasteiger partial charge in [0.1, 0.15) is 12.1 Å². The van der Waals surface area contributed by atoms with E-state index >= 15 is 0 Å². The van der Waals surface area contributed by atoms with Crippen molar-refractivity contribution in [2.75, 3.05) is 12.3 Å². The number of aromatic nitrogens is 5. The topological polar surface area (TPSA) is 107 Å². The Hall–Kier alpha value is -3.63. The van der Waals surface area contributed by atoms with Gasteiger partial charge in [-0.25, -0.2) is 4.98 Å². The average molecular weight is 378 g/mol. The zero-order chi connectivity index (χ0) is 21.9. The van der Waals surface area contributed by atoms with Crippen LogP contribution in [0.15, 0.2) is 36.8 Å². The molecule has 0 radical (unpaired) electrons. The summed E-state index contributed by atoms with van der Waals surface area (Å²) in [5.74, 6) is -0.961. The third kappa shape index (κ3) is 4.14. The number of hydrogen-bond donors (Lipinski definition) is 2. The lowest BCUT2D eigenvalue weighted by molar-refractivity contribution is -0.0493. The molecule has 27 heavy (non-hydrogen) atoms. The summed E-state index contributed by atoms with van der Waals surface area (Å²) < 4.78 is 53.3. The van der Waals surface area contributed by atoms with Gasteiger partial charge in [-0.15, -0.1) is 5.10 Å². The molecular weight excluding hydrogens is 360 g/mol. The van der Waals surface area contributed by atoms with Gasteiger partial charge in [-0.1, -0.05) is 0 Å². The molecule has 0 spiro atoms. The summed E-state index contributed by atoms with van der Waals surface area (Å²) in [6, 6.07) is 5.63. The number of carbonyl (C=O) groups excluding carboxylic acids is 1. The molecule has 1 aromatic carbocycles. The van der Waals surface area contributed by atoms with Gasteiger partial charge in [0.25, 0.3) is 5.91 Å². The fraction of sp³-hybridized carbons (Fsp3) is 0.188. The number of ether oxygens (including phenoxy) is 1. The Balaban J connectivity index is 1.95. The van der Waals surface area contributed by atoms with Crippen LogP contribution in [-0.4, -0.2) is 44.5 Å². The minimum absolute atomic E-state index is 0.0366. The number of rotatable bonds is 6. The van der Waals surface area contributed by atoms with Crippen LogP contribution in [0.5, 0.6) is 5.75 Å². The second-order valence-electron chi connectivity index (χ2n) is 5.20. The molecule has 3 rings (SSSR count). The van der Waals surface area contributed by atoms with Gasteiger partial charge in [0.2, 0.25) is 0 Å². The minimum atomic E-state index is -3.12. The summed E-state index contributed by atoms with van der Waals surface area (Å²) in [6.07, 6.45) is 2.70. The Morgan fingerprint density at radius 3 is 2.89 bits per heavy atom. The molecule has 0 aliphatic heterocycles. The predicted octanol–water partition coefficient (Wildman–Crippen LogP) is 1.98. The number of hydrogen-bond acceptors (Lipinski definition) is 7. The predicted molar refractivity (Wildman–Crippen MR) is 91.8 cm³/mol. The van der Waals surface area contributed by atoms with Gasteiger partial charge in [0.05, 0.1) is 17.6 Å². The van der Waals surface area contributed by atoms with Crippen molar-refractivity contribution >= 4 is 17.3 Å². The summed E-state index contributed by atoms with van der Waals surface area (Å²) in [4.78, 5) is 16.2. The number of benzene rings is 1. The van der Waals surface area contributed by atoms with Gasteiger partial charge in [-0.3, -0.25) is 9.48 Å². The SMILES string of the molecule is [2H]C([2H])([2H])NC(=O)c1nnccc1Nc1ccc(-c2ncn(C)n2)cc1OC(F)F. The first-order valence-electron chi connectivity index (χ1n) is 8.98. The molecule has 0 aliphatic rings. The molecule has 0 saturated carbocycles. The first-order chi connectivity index (χ1) is 14.1. The maximum atomic E-state index is 12.9. The summed E-state index contributed by atoms with van der Waals surface area (Å²) >= 11 is 0. The number of nitrogens with one attached hydrogen (secondary N) is 2. The van der Waals surface area contributed by atoms with E-state index in [0.717, 1.165) is 0 Å². The van der Waals surface area contributed by atoms with Crippen LogP contribution in [0.2, 0.25) is 0 Å². The molecule has 140 valence electrons. The number of amides is 1. The monoisotopic (exact) mass is 378 g/mol. The van der Waals surface area contributed by atoms with Crippen LogP contribution in [0.25, 0.3) is 11.4 Å². The summed E-state index contributed by atoms with van der Waals surface area (Å²) in [5.41, 5.74) is 0.192. The lowest BCUT2D eigenvalue weighted by Crippen LogP contribution is -2.21. The second-order valence-corrected chi connectivity index (χ2v) is 5.20. The smallest absolute Gasteiger partial charge is 0.387 e. The lowest BCUT2D eigenvalue weighted by atomic mass is 10.1. The molecular formula is C16H15F2N7O2. The molecule has 11 heteroatoms. The Kier molecular flexibility index (Phi) is 4.16. The minimum Gasteiger partial charge on any atom is -0.433 e. The highest BCUT2D eigenvalue weighted by Crippen LogP contribution is 2.33. The third-order valence-corrected chi connectivity index (χ3v) is 3.37. The van der Waals surface area contributed by atoms with Crippen LogP contribution in [0.4, 0.5) is 20.2 Å². The van der Waals surface area contributed by atoms with Crippen molar-refractivity contribution in [3.05, 3.63) is 42.5 Å². The van der Waals surface area contributed by atoms with E-state index < -0.39 is 19.5 Å². The first kappa shape index (κ1) is 14.5. The maximum absolute atomic E-state index is 12.9. The van der Waals surface area contributed by atoms with Crippen molar-refractivity contribution in [1.29, 1.82) is 0 Å². The van der Waals surface area contributed by atoms with Crippen molar-refractivity contribution < 1.29 is 22.4 Å². The van der Waals surface area contributed by atoms with Crippen molar-refractivity contribution in [2.24, 2.45) is 7.05 Å². The Bertz CT molecular complexity index is 1060. The van der Waals surface area contributed by atoms with E-state index in [1.165, 1.54) is 35.4 Å². The highest BCUT2D eigenvalue weighted by molar-refractivity contribution is 5.98. The number of carbonyl (C=O) groups is 1. The van der Waals surface area contributed by atoms with Crippen molar-refractivity contribution in [3.8, 4) is 17.1 Å². The van der Waals surface area contributed by atoms with Gasteiger partial charge in [-0.05, 0) is 24.3 Å². The molecule has 0 unspecified atom stereocenters. The highest BCUT2D eigenvalue weighted by atomic mass is 19.3. The number of aryl methyl sites for hydroxylation is 1. The number of alkyl halides is 2. The van der Waals surface area contributed by atoms with Gasteiger partial charge in [0, 0.05) is 23.7 Å². The molecule has 0 fully saturated rings. The Morgan fingerprint density at radius 1 is 1.33 bits per heavy atom. The molecule has 2 N–H and O–H groups in total. The third-order valence-electron chi connectivity index (χ3n) is 3.37. The van der Waals surface area contributed by atoms with Crippen LogP contribution in [-0.2, 0) is 7.05 Å². The van der Waals surface area contributed by atoms with Crippen LogP contribution >= 0.6 is 0 Å². The lowest BCUT2D eigenvalue weighted by Gasteiger charge is -2.15. The normalized spacial score (nSPS) is 12.8. The van der Waals surface area contributed by atoms with E-state index in [2.05, 4.69) is 30.3 Å². The van der Waals surface area contributed by atoms with Crippen LogP contribution in [0.1, 0.15) is 14.6 Å². The van der Waals surface area contributed by atoms with E-state index in [0.29, 0.717) is 11.4 Å². The molecule has 2 heterocycles. The summed E-state index contributed by atoms with van der Waals surface area (Å²) in [7, 11) is 1.66. The van der Waals surface area contributed by atoms with Crippen molar-refractivity contribution in [1.82, 2.24) is 30.3 Å². The maximum Gasteiger partial charge on any atom is 0.387 e. The Morgan fingerprint density at radius 2 is 2.19 bits per heavy atom. The van der Waals surface area contributed by atoms with E-state index in [1.807, 2.05) is 0 Å². The van der Waals surface area contributed by atoms with Crippen LogP contribution < -0.4 is 15.4 Å². The summed E-state index contributed by atoms with van der Waals surface area (Å²) in [6.45, 7) is -5.86. The van der Waals surface area contributed by atoms with Crippen LogP contribution in [0.3, 0.4) is 0 Å². The molecule has 0 bridgehead atoms. The van der Waals surface area contributed by atoms with Crippen LogP contribution in [0, 0.1) is 0 Å². The first-order valence-corrected chi connectivity index (χ1v) is 7.48. The molecule has 0 aliphatic carbocycles. The quantitative estimate of drug-likeness (QED) is 0.675. The van der Waals surface area contributed by atoms with E-state index in [-0.39, 0.29) is 22.8 Å². The number of halogens is 2. The molecule has 3 aromatic rings. The second kappa shape index (κ2) is 7.72. The van der Waals surface area contributed by atoms with Gasteiger partial charge in [-0.2, -0.15) is 19.0 Å². The van der Waals surface area contributed by atoms with Gasteiger partial charge < -0.3 is 15.4 Å². The molecule has 0 saturated heterocycles. The average Bonchev–Trinajstić information content (AvgIpc) is 3.08. The molecule has 9 nitrogen and oxygen atoms in total. The van der Waals surface area contributed by atoms with Gasteiger partial charge >= 0.3 is 6.61 Å². The molecule has 1 amide bonds. The molecule has 0 atom stereocenters. The van der Waals surface area contributed by atoms with Crippen molar-refractivity contribution in [2.45, 2.75) is 6.61 Å². The van der Waals surface area contributed by atoms with E-state index in [1.54, 1.807) is 18.4 Å². The number of nitrogens with zero attached hydrogens (tertiary/aromatic N) is 5. The van der Waals surface area contributed by atoms with E-state index in [4.69, 9.17) is 4.11 Å². The fourth-order valence-electron chi connectivity index (χ4n) is 2.23. The van der Waals surface area contributed by atoms with E-state index in [9.17, 15) is 13.6 Å². The highest BCUT2D eigenvalue weighted by Gasteiger charge is 2.17. The largest absolute Gasteiger partial charge is 0.433 e. The summed E-state index contributed by atoms with van der Waals surface area (Å²) in [5, 5.41) is 15.8. The molecule has 2 aromatic heterocycles. The fourth-order valence-corrected chi connectivity index (χ4v) is 2.23. The van der Waals surface area contributed by atoms with Gasteiger partial charge in [0.15, 0.2) is 11.5 Å². The zero-order valence-corrected chi connectivity index (χ0v) is 13.8. The standard InChI is InChI=1S/C16H15F2N7O2/c1-19-15(26)13-11(5-6-21-23-13)22-10-4-3-9(7-12(10)27-16(17)18)14-20-8-25(2)24-14/h3-8,16H,1-2H3,(H,19,26)(H,21,22)/i1D3. The van der Waals surface area contributed by atoms with Crippen molar-refractivity contribution in [3.63, 3.8) is 0 Å². The zero-order valence-electron chi connectivity index (χ0n) is 16.8.